The van der Waals surface area contributed by atoms with Gasteiger partial charge in [0, 0.05) is 5.56 Å². The molecule has 0 heterocycles. The summed E-state index contributed by atoms with van der Waals surface area (Å²) in [6, 6.07) is 11.9. The van der Waals surface area contributed by atoms with Gasteiger partial charge in [-0.05, 0) is 54.7 Å². The highest BCUT2D eigenvalue weighted by Gasteiger charge is 2.14. The molecule has 0 atom stereocenters. The number of nitrogens with two attached hydrogens (primary N) is 1. The number of rotatable bonds is 4. The SMILES string of the molecule is NC(=O)c1ccc(Oc2ccc(C3CCCCCC3)cc2)c(F)c1. The third-order valence-electron chi connectivity index (χ3n) is 4.65. The summed E-state index contributed by atoms with van der Waals surface area (Å²) in [5, 5.41) is 0. The van der Waals surface area contributed by atoms with Crippen LogP contribution in [-0.2, 0) is 0 Å². The zero-order valence-electron chi connectivity index (χ0n) is 13.6. The van der Waals surface area contributed by atoms with Crippen molar-refractivity contribution in [1.82, 2.24) is 0 Å². The van der Waals surface area contributed by atoms with Crippen LogP contribution in [0.25, 0.3) is 0 Å². The van der Waals surface area contributed by atoms with E-state index in [4.69, 9.17) is 10.5 Å². The molecule has 3 rings (SSSR count). The molecule has 126 valence electrons. The van der Waals surface area contributed by atoms with E-state index in [9.17, 15) is 9.18 Å². The van der Waals surface area contributed by atoms with Gasteiger partial charge in [-0.2, -0.15) is 0 Å². The molecular formula is C20H22FNO2. The van der Waals surface area contributed by atoms with E-state index >= 15 is 0 Å². The highest BCUT2D eigenvalue weighted by atomic mass is 19.1. The molecule has 24 heavy (non-hydrogen) atoms. The van der Waals surface area contributed by atoms with Crippen molar-refractivity contribution in [3.05, 3.63) is 59.4 Å². The van der Waals surface area contributed by atoms with E-state index in [0.717, 1.165) is 6.07 Å². The Kier molecular flexibility index (Phi) is 5.14. The van der Waals surface area contributed by atoms with E-state index in [1.807, 2.05) is 12.1 Å². The Balaban J connectivity index is 1.71. The first-order valence-electron chi connectivity index (χ1n) is 8.50. The third-order valence-corrected chi connectivity index (χ3v) is 4.65. The molecule has 0 unspecified atom stereocenters. The van der Waals surface area contributed by atoms with Gasteiger partial charge in [-0.25, -0.2) is 4.39 Å². The normalized spacial score (nSPS) is 15.7. The minimum atomic E-state index is -0.659. The Hall–Kier alpha value is -2.36. The van der Waals surface area contributed by atoms with Crippen LogP contribution in [0.4, 0.5) is 4.39 Å². The van der Waals surface area contributed by atoms with Crippen molar-refractivity contribution in [3.8, 4) is 11.5 Å². The van der Waals surface area contributed by atoms with E-state index in [1.54, 1.807) is 0 Å². The summed E-state index contributed by atoms with van der Waals surface area (Å²) in [5.74, 6) is 0.0285. The highest BCUT2D eigenvalue weighted by Crippen LogP contribution is 2.33. The Morgan fingerprint density at radius 1 is 1.00 bits per heavy atom. The maximum Gasteiger partial charge on any atom is 0.248 e. The number of halogens is 1. The van der Waals surface area contributed by atoms with Gasteiger partial charge in [0.1, 0.15) is 5.75 Å². The second kappa shape index (κ2) is 7.47. The van der Waals surface area contributed by atoms with Crippen molar-refractivity contribution in [1.29, 1.82) is 0 Å². The Morgan fingerprint density at radius 2 is 1.67 bits per heavy atom. The summed E-state index contributed by atoms with van der Waals surface area (Å²) >= 11 is 0. The summed E-state index contributed by atoms with van der Waals surface area (Å²) < 4.78 is 19.6. The van der Waals surface area contributed by atoms with Gasteiger partial charge in [0.2, 0.25) is 5.91 Å². The molecule has 1 amide bonds. The third kappa shape index (κ3) is 3.94. The molecule has 0 saturated heterocycles. The van der Waals surface area contributed by atoms with Crippen LogP contribution < -0.4 is 10.5 Å². The number of benzene rings is 2. The number of primary amides is 1. The lowest BCUT2D eigenvalue weighted by Gasteiger charge is -2.15. The van der Waals surface area contributed by atoms with E-state index < -0.39 is 11.7 Å². The molecular weight excluding hydrogens is 305 g/mol. The molecule has 0 bridgehead atoms. The molecule has 0 aliphatic heterocycles. The second-order valence-corrected chi connectivity index (χ2v) is 6.37. The van der Waals surface area contributed by atoms with Crippen molar-refractivity contribution >= 4 is 5.91 Å². The second-order valence-electron chi connectivity index (χ2n) is 6.37. The summed E-state index contributed by atoms with van der Waals surface area (Å²) in [6.45, 7) is 0. The fourth-order valence-corrected chi connectivity index (χ4v) is 3.28. The number of carbonyl (C=O) groups excluding carboxylic acids is 1. The summed E-state index contributed by atoms with van der Waals surface area (Å²) in [6.07, 6.45) is 7.73. The molecule has 1 fully saturated rings. The van der Waals surface area contributed by atoms with Crippen molar-refractivity contribution < 1.29 is 13.9 Å². The quantitative estimate of drug-likeness (QED) is 0.789. The first-order valence-corrected chi connectivity index (χ1v) is 8.50. The van der Waals surface area contributed by atoms with Gasteiger partial charge in [0.15, 0.2) is 11.6 Å². The number of hydrogen-bond acceptors (Lipinski definition) is 2. The largest absolute Gasteiger partial charge is 0.454 e. The Morgan fingerprint density at radius 3 is 2.25 bits per heavy atom. The summed E-state index contributed by atoms with van der Waals surface area (Å²) in [5.41, 5.74) is 6.59. The molecule has 4 heteroatoms. The molecule has 1 aliphatic carbocycles. The average Bonchev–Trinajstić information content (AvgIpc) is 2.86. The van der Waals surface area contributed by atoms with Crippen molar-refractivity contribution in [2.45, 2.75) is 44.4 Å². The van der Waals surface area contributed by atoms with Crippen molar-refractivity contribution in [2.75, 3.05) is 0 Å². The first kappa shape index (κ1) is 16.5. The highest BCUT2D eigenvalue weighted by molar-refractivity contribution is 5.92. The van der Waals surface area contributed by atoms with Crippen LogP contribution >= 0.6 is 0 Å². The smallest absolute Gasteiger partial charge is 0.248 e. The van der Waals surface area contributed by atoms with Crippen LogP contribution in [0, 0.1) is 5.82 Å². The minimum Gasteiger partial charge on any atom is -0.454 e. The Labute approximate surface area is 141 Å². The van der Waals surface area contributed by atoms with E-state index in [2.05, 4.69) is 12.1 Å². The molecule has 2 aromatic rings. The molecule has 0 aromatic heterocycles. The van der Waals surface area contributed by atoms with E-state index in [-0.39, 0.29) is 11.3 Å². The zero-order chi connectivity index (χ0) is 16.9. The maximum atomic E-state index is 14.0. The number of carbonyl (C=O) groups is 1. The van der Waals surface area contributed by atoms with Crippen LogP contribution in [0.1, 0.15) is 60.4 Å². The number of hydrogen-bond donors (Lipinski definition) is 1. The zero-order valence-corrected chi connectivity index (χ0v) is 13.6. The Bertz CT molecular complexity index is 704. The molecule has 0 radical (unpaired) electrons. The lowest BCUT2D eigenvalue weighted by molar-refractivity contribution is 0.1000. The average molecular weight is 327 g/mol. The first-order chi connectivity index (χ1) is 11.6. The predicted molar refractivity (Wildman–Crippen MR) is 91.9 cm³/mol. The van der Waals surface area contributed by atoms with Crippen LogP contribution in [0.5, 0.6) is 11.5 Å². The molecule has 2 aromatic carbocycles. The van der Waals surface area contributed by atoms with E-state index in [1.165, 1.54) is 56.2 Å². The lowest BCUT2D eigenvalue weighted by atomic mass is 9.92. The van der Waals surface area contributed by atoms with Gasteiger partial charge in [-0.15, -0.1) is 0 Å². The van der Waals surface area contributed by atoms with Crippen LogP contribution in [0.3, 0.4) is 0 Å². The minimum absolute atomic E-state index is 0.0854. The van der Waals surface area contributed by atoms with Crippen LogP contribution in [-0.4, -0.2) is 5.91 Å². The lowest BCUT2D eigenvalue weighted by Crippen LogP contribution is -2.11. The van der Waals surface area contributed by atoms with Crippen LogP contribution in [0.2, 0.25) is 0 Å². The van der Waals surface area contributed by atoms with Crippen molar-refractivity contribution in [3.63, 3.8) is 0 Å². The fraction of sp³-hybridized carbons (Fsp3) is 0.350. The van der Waals surface area contributed by atoms with Gasteiger partial charge < -0.3 is 10.5 Å². The van der Waals surface area contributed by atoms with Crippen LogP contribution in [0.15, 0.2) is 42.5 Å². The summed E-state index contributed by atoms with van der Waals surface area (Å²) in [7, 11) is 0. The molecule has 3 nitrogen and oxygen atoms in total. The molecule has 1 aliphatic rings. The summed E-state index contributed by atoms with van der Waals surface area (Å²) in [4.78, 5) is 11.0. The molecule has 2 N–H and O–H groups in total. The molecule has 1 saturated carbocycles. The monoisotopic (exact) mass is 327 g/mol. The van der Waals surface area contributed by atoms with Gasteiger partial charge in [0.05, 0.1) is 0 Å². The van der Waals surface area contributed by atoms with E-state index in [0.29, 0.717) is 11.7 Å². The van der Waals surface area contributed by atoms with Gasteiger partial charge in [-0.1, -0.05) is 37.8 Å². The van der Waals surface area contributed by atoms with Crippen molar-refractivity contribution in [2.24, 2.45) is 5.73 Å². The standard InChI is InChI=1S/C20H22FNO2/c21-18-13-16(20(22)23)9-12-19(18)24-17-10-7-15(8-11-17)14-5-3-1-2-4-6-14/h7-14H,1-6H2,(H2,22,23). The van der Waals surface area contributed by atoms with Gasteiger partial charge >= 0.3 is 0 Å². The van der Waals surface area contributed by atoms with Gasteiger partial charge in [0.25, 0.3) is 0 Å². The van der Waals surface area contributed by atoms with Gasteiger partial charge in [-0.3, -0.25) is 4.79 Å². The number of amides is 1. The maximum absolute atomic E-state index is 14.0. The number of ether oxygens (including phenoxy) is 1. The molecule has 0 spiro atoms. The predicted octanol–water partition coefficient (Wildman–Crippen LogP) is 5.15. The topological polar surface area (TPSA) is 52.3 Å². The fourth-order valence-electron chi connectivity index (χ4n) is 3.28.